The summed E-state index contributed by atoms with van der Waals surface area (Å²) >= 11 is 11.6. The van der Waals surface area contributed by atoms with Gasteiger partial charge >= 0.3 is 12.1 Å². The van der Waals surface area contributed by atoms with Crippen molar-refractivity contribution < 1.29 is 32.3 Å². The molecule has 0 radical (unpaired) electrons. The predicted molar refractivity (Wildman–Crippen MR) is 96.0 cm³/mol. The number of alkyl halides is 3. The van der Waals surface area contributed by atoms with E-state index in [2.05, 4.69) is 5.32 Å². The summed E-state index contributed by atoms with van der Waals surface area (Å²) in [6.45, 7) is -0.312. The van der Waals surface area contributed by atoms with Crippen LogP contribution in [0, 0.1) is 0 Å². The van der Waals surface area contributed by atoms with Crippen LogP contribution in [0.4, 0.5) is 18.9 Å². The van der Waals surface area contributed by atoms with E-state index in [0.29, 0.717) is 34.7 Å². The van der Waals surface area contributed by atoms with Gasteiger partial charge < -0.3 is 15.0 Å². The summed E-state index contributed by atoms with van der Waals surface area (Å²) in [6, 6.07) is 3.51. The third-order valence-electron chi connectivity index (χ3n) is 3.75. The lowest BCUT2D eigenvalue weighted by molar-refractivity contribution is -0.165. The number of hydrogen-bond acceptors (Lipinski definition) is 5. The molecule has 152 valence electrons. The van der Waals surface area contributed by atoms with Gasteiger partial charge in [0.1, 0.15) is 6.04 Å². The molecule has 1 aromatic rings. The lowest BCUT2D eigenvalue weighted by Crippen LogP contribution is -2.35. The van der Waals surface area contributed by atoms with E-state index < -0.39 is 36.5 Å². The summed E-state index contributed by atoms with van der Waals surface area (Å²) < 4.78 is 41.7. The molecule has 0 aliphatic carbocycles. The minimum absolute atomic E-state index is 0.286. The molecule has 1 atom stereocenters. The third-order valence-corrected chi connectivity index (χ3v) is 4.19. The molecule has 1 saturated heterocycles. The number of amides is 1. The highest BCUT2D eigenvalue weighted by atomic mass is 35.5. The second-order valence-corrected chi connectivity index (χ2v) is 6.76. The normalized spacial score (nSPS) is 17.0. The molecule has 1 aromatic carbocycles. The summed E-state index contributed by atoms with van der Waals surface area (Å²) in [7, 11) is 0. The topological polar surface area (TPSA) is 75.7 Å². The quantitative estimate of drug-likeness (QED) is 0.542. The number of ether oxygens (including phenoxy) is 1. The minimum atomic E-state index is -4.98. The molecule has 1 heterocycles. The molecular weight excluding hydrogens is 424 g/mol. The number of benzene rings is 1. The molecule has 1 fully saturated rings. The van der Waals surface area contributed by atoms with Gasteiger partial charge in [-0.05, 0) is 31.0 Å². The van der Waals surface area contributed by atoms with Crippen molar-refractivity contribution in [1.29, 1.82) is 0 Å². The molecule has 0 spiro atoms. The molecule has 0 saturated carbocycles. The van der Waals surface area contributed by atoms with Crippen molar-refractivity contribution in [1.82, 2.24) is 4.90 Å². The Balaban J connectivity index is 1.88. The lowest BCUT2D eigenvalue weighted by atomic mass is 10.2. The van der Waals surface area contributed by atoms with E-state index in [4.69, 9.17) is 27.9 Å². The Morgan fingerprint density at radius 2 is 1.86 bits per heavy atom. The summed E-state index contributed by atoms with van der Waals surface area (Å²) in [4.78, 5) is 36.2. The van der Waals surface area contributed by atoms with E-state index in [1.807, 2.05) is 0 Å². The Morgan fingerprint density at radius 1 is 1.21 bits per heavy atom. The zero-order chi connectivity index (χ0) is 20.9. The van der Waals surface area contributed by atoms with E-state index >= 15 is 0 Å². The molecule has 1 aliphatic heterocycles. The van der Waals surface area contributed by atoms with Crippen LogP contribution >= 0.6 is 23.2 Å². The van der Waals surface area contributed by atoms with Gasteiger partial charge in [0.2, 0.25) is 0 Å². The molecule has 1 aliphatic rings. The third kappa shape index (κ3) is 6.42. The zero-order valence-electron chi connectivity index (χ0n) is 14.3. The van der Waals surface area contributed by atoms with Gasteiger partial charge in [-0.15, -0.1) is 0 Å². The standard InChI is InChI=1S/C17H15Cl2F3N2O4/c18-10-6-11(19)8-12(7-10)23-15(26)9-28-16(27)13-2-1-4-24(13)5-3-14(25)17(20,21)22/h3,5-8,13H,1-2,4,9H2,(H,23,26)/b5-3+. The van der Waals surface area contributed by atoms with Crippen molar-refractivity contribution >= 4 is 46.5 Å². The van der Waals surface area contributed by atoms with E-state index in [0.717, 1.165) is 6.20 Å². The van der Waals surface area contributed by atoms with Crippen molar-refractivity contribution in [2.75, 3.05) is 18.5 Å². The van der Waals surface area contributed by atoms with Gasteiger partial charge in [-0.2, -0.15) is 13.2 Å². The summed E-state index contributed by atoms with van der Waals surface area (Å²) in [5.41, 5.74) is 0.314. The van der Waals surface area contributed by atoms with Crippen LogP contribution in [-0.2, 0) is 19.1 Å². The number of likely N-dealkylation sites (tertiary alicyclic amines) is 1. The van der Waals surface area contributed by atoms with Gasteiger partial charge in [-0.3, -0.25) is 9.59 Å². The van der Waals surface area contributed by atoms with Crippen LogP contribution in [0.5, 0.6) is 0 Å². The number of rotatable bonds is 6. The Kier molecular flexibility index (Phi) is 7.31. The molecule has 1 N–H and O–H groups in total. The highest BCUT2D eigenvalue weighted by Gasteiger charge is 2.37. The van der Waals surface area contributed by atoms with Crippen molar-refractivity contribution in [3.8, 4) is 0 Å². The van der Waals surface area contributed by atoms with E-state index in [-0.39, 0.29) is 6.54 Å². The van der Waals surface area contributed by atoms with Gasteiger partial charge in [0.05, 0.1) is 0 Å². The number of ketones is 1. The number of nitrogens with one attached hydrogen (secondary N) is 1. The monoisotopic (exact) mass is 438 g/mol. The maximum absolute atomic E-state index is 12.2. The van der Waals surface area contributed by atoms with Gasteiger partial charge in [-0.1, -0.05) is 23.2 Å². The SMILES string of the molecule is O=C(COC(=O)C1CCCN1/C=C/C(=O)C(F)(F)F)Nc1cc(Cl)cc(Cl)c1. The zero-order valence-corrected chi connectivity index (χ0v) is 15.8. The fourth-order valence-electron chi connectivity index (χ4n) is 2.53. The van der Waals surface area contributed by atoms with Gasteiger partial charge in [0.25, 0.3) is 11.7 Å². The number of carbonyl (C=O) groups is 3. The summed E-state index contributed by atoms with van der Waals surface area (Å²) in [5.74, 6) is -3.44. The Bertz CT molecular complexity index is 779. The summed E-state index contributed by atoms with van der Waals surface area (Å²) in [6.07, 6.45) is -2.84. The number of carbonyl (C=O) groups excluding carboxylic acids is 3. The molecule has 2 rings (SSSR count). The molecule has 1 unspecified atom stereocenters. The average molecular weight is 439 g/mol. The predicted octanol–water partition coefficient (Wildman–Crippen LogP) is 3.58. The van der Waals surface area contributed by atoms with Gasteiger partial charge in [-0.25, -0.2) is 4.79 Å². The second-order valence-electron chi connectivity index (χ2n) is 5.89. The largest absolute Gasteiger partial charge is 0.454 e. The average Bonchev–Trinajstić information content (AvgIpc) is 3.04. The van der Waals surface area contributed by atoms with Crippen LogP contribution < -0.4 is 5.32 Å². The number of hydrogen-bond donors (Lipinski definition) is 1. The van der Waals surface area contributed by atoms with Crippen LogP contribution in [0.15, 0.2) is 30.5 Å². The van der Waals surface area contributed by atoms with E-state index in [1.54, 1.807) is 0 Å². The molecule has 0 aromatic heterocycles. The van der Waals surface area contributed by atoms with Crippen LogP contribution in [-0.4, -0.2) is 47.9 Å². The van der Waals surface area contributed by atoms with Gasteiger partial charge in [0, 0.05) is 34.6 Å². The number of halogens is 5. The smallest absolute Gasteiger partial charge is 0.454 e. The van der Waals surface area contributed by atoms with Crippen molar-refractivity contribution in [3.05, 3.63) is 40.5 Å². The highest BCUT2D eigenvalue weighted by molar-refractivity contribution is 6.35. The first kappa shape index (κ1) is 22.0. The second kappa shape index (κ2) is 9.29. The maximum Gasteiger partial charge on any atom is 0.454 e. The molecule has 28 heavy (non-hydrogen) atoms. The molecule has 1 amide bonds. The summed E-state index contributed by atoms with van der Waals surface area (Å²) in [5, 5.41) is 3.07. The molecule has 6 nitrogen and oxygen atoms in total. The number of esters is 1. The first-order valence-corrected chi connectivity index (χ1v) is 8.79. The minimum Gasteiger partial charge on any atom is -0.454 e. The van der Waals surface area contributed by atoms with Crippen LogP contribution in [0.3, 0.4) is 0 Å². The molecule has 0 bridgehead atoms. The number of allylic oxidation sites excluding steroid dienone is 1. The van der Waals surface area contributed by atoms with Crippen LogP contribution in [0.25, 0.3) is 0 Å². The first-order chi connectivity index (χ1) is 13.1. The first-order valence-electron chi connectivity index (χ1n) is 8.04. The fraction of sp³-hybridized carbons (Fsp3) is 0.353. The lowest BCUT2D eigenvalue weighted by Gasteiger charge is -2.21. The van der Waals surface area contributed by atoms with Crippen molar-refractivity contribution in [2.45, 2.75) is 25.1 Å². The van der Waals surface area contributed by atoms with Crippen molar-refractivity contribution in [2.24, 2.45) is 0 Å². The Hall–Kier alpha value is -2.26. The Morgan fingerprint density at radius 3 is 2.46 bits per heavy atom. The number of anilines is 1. The van der Waals surface area contributed by atoms with Crippen LogP contribution in [0.2, 0.25) is 10.0 Å². The molecular formula is C17H15Cl2F3N2O4. The fourth-order valence-corrected chi connectivity index (χ4v) is 3.06. The van der Waals surface area contributed by atoms with Gasteiger partial charge in [0.15, 0.2) is 6.61 Å². The van der Waals surface area contributed by atoms with Crippen LogP contribution in [0.1, 0.15) is 12.8 Å². The van der Waals surface area contributed by atoms with Crippen molar-refractivity contribution in [3.63, 3.8) is 0 Å². The maximum atomic E-state index is 12.2. The van der Waals surface area contributed by atoms with E-state index in [9.17, 15) is 27.6 Å². The molecule has 11 heteroatoms. The highest BCUT2D eigenvalue weighted by Crippen LogP contribution is 2.23. The number of nitrogens with zero attached hydrogens (tertiary/aromatic N) is 1. The Labute approximate surface area is 168 Å². The van der Waals surface area contributed by atoms with E-state index in [1.165, 1.54) is 23.1 Å².